The zero-order chi connectivity index (χ0) is 23.9. The molecule has 0 spiro atoms. The van der Waals surface area contributed by atoms with Crippen molar-refractivity contribution in [3.05, 3.63) is 71.8 Å². The lowest BCUT2D eigenvalue weighted by Crippen LogP contribution is -2.54. The van der Waals surface area contributed by atoms with Gasteiger partial charge >= 0.3 is 12.8 Å². The third-order valence-corrected chi connectivity index (χ3v) is 8.60. The molecule has 0 aliphatic rings. The second kappa shape index (κ2) is 10.7. The van der Waals surface area contributed by atoms with E-state index in [9.17, 15) is 27.1 Å². The van der Waals surface area contributed by atoms with Crippen LogP contribution in [0.15, 0.2) is 70.0 Å². The van der Waals surface area contributed by atoms with E-state index >= 15 is 0 Å². The van der Waals surface area contributed by atoms with Gasteiger partial charge in [0.05, 0.1) is 4.90 Å². The Labute approximate surface area is 187 Å². The Morgan fingerprint density at radius 2 is 1.56 bits per heavy atom. The average molecular weight is 482 g/mol. The molecule has 3 rings (SSSR count). The van der Waals surface area contributed by atoms with Gasteiger partial charge in [0.15, 0.2) is 12.9 Å². The van der Waals surface area contributed by atoms with Gasteiger partial charge in [-0.25, -0.2) is 5.41 Å². The summed E-state index contributed by atoms with van der Waals surface area (Å²) in [7, 11) is -9.04. The fourth-order valence-corrected chi connectivity index (χ4v) is 6.90. The molecule has 0 saturated carbocycles. The third-order valence-electron chi connectivity index (χ3n) is 4.45. The van der Waals surface area contributed by atoms with Gasteiger partial charge in [-0.3, -0.25) is 0 Å². The predicted molar refractivity (Wildman–Crippen MR) is 120 cm³/mol. The smallest absolute Gasteiger partial charge is 0.418 e. The van der Waals surface area contributed by atoms with E-state index in [1.807, 2.05) is 73.8 Å². The SMILES string of the molecule is CCP(=O)(c1ccccc1)c1c(SC)c(C#N)c(-c2ccccc2)oc1=[NH2+].F[B-](F)(F)F. The molecule has 0 fully saturated rings. The van der Waals surface area contributed by atoms with Gasteiger partial charge in [-0.1, -0.05) is 67.6 Å². The fourth-order valence-electron chi connectivity index (χ4n) is 3.12. The number of benzene rings is 2. The van der Waals surface area contributed by atoms with Crippen LogP contribution in [0, 0.1) is 11.3 Å². The first kappa shape index (κ1) is 25.5. The van der Waals surface area contributed by atoms with E-state index in [2.05, 4.69) is 6.07 Å². The van der Waals surface area contributed by atoms with Crippen molar-refractivity contribution < 1.29 is 31.7 Å². The highest BCUT2D eigenvalue weighted by atomic mass is 32.2. The molecular weight excluding hydrogens is 462 g/mol. The maximum atomic E-state index is 14.0. The molecule has 0 aliphatic carbocycles. The highest BCUT2D eigenvalue weighted by Gasteiger charge is 2.35. The number of halogens is 4. The van der Waals surface area contributed by atoms with Crippen molar-refractivity contribution in [2.24, 2.45) is 0 Å². The van der Waals surface area contributed by atoms with Crippen molar-refractivity contribution in [3.8, 4) is 17.4 Å². The van der Waals surface area contributed by atoms with E-state index in [1.54, 1.807) is 0 Å². The number of rotatable bonds is 5. The van der Waals surface area contributed by atoms with Crippen LogP contribution >= 0.6 is 18.9 Å². The van der Waals surface area contributed by atoms with Crippen molar-refractivity contribution in [2.45, 2.75) is 11.8 Å². The normalized spacial score (nSPS) is 12.8. The molecule has 4 nitrogen and oxygen atoms in total. The maximum absolute atomic E-state index is 14.0. The summed E-state index contributed by atoms with van der Waals surface area (Å²) in [6.07, 6.45) is 2.25. The molecule has 2 N–H and O–H groups in total. The summed E-state index contributed by atoms with van der Waals surface area (Å²) in [6, 6.07) is 20.9. The summed E-state index contributed by atoms with van der Waals surface area (Å²) in [4.78, 5) is 0.620. The third kappa shape index (κ3) is 5.93. The van der Waals surface area contributed by atoms with Crippen LogP contribution in [0.4, 0.5) is 17.3 Å². The summed E-state index contributed by atoms with van der Waals surface area (Å²) >= 11 is 1.37. The molecule has 0 bridgehead atoms. The minimum absolute atomic E-state index is 0.103. The predicted octanol–water partition coefficient (Wildman–Crippen LogP) is 3.83. The molecule has 32 heavy (non-hydrogen) atoms. The van der Waals surface area contributed by atoms with Gasteiger partial charge in [-0.15, -0.1) is 11.8 Å². The standard InChI is InChI=1S/C21H19N2O2PS.BF4/c1-3-26(24,16-12-8-5-9-13-16)19-20(27-2)17(14-22)18(25-21(19)23)15-10-6-4-7-11-15;2-1(3,4)5/h4-13,23H,3H2,1-2H3;/q;-1/p+1. The van der Waals surface area contributed by atoms with Crippen molar-refractivity contribution in [1.29, 1.82) is 5.26 Å². The minimum Gasteiger partial charge on any atom is -0.418 e. The molecule has 1 heterocycles. The number of nitriles is 1. The van der Waals surface area contributed by atoms with Gasteiger partial charge < -0.3 is 26.2 Å². The number of hydrogen-bond acceptors (Lipinski definition) is 4. The van der Waals surface area contributed by atoms with Crippen LogP contribution in [-0.4, -0.2) is 19.7 Å². The number of nitrogens with two attached hydrogens (primary N) is 1. The Balaban J connectivity index is 0.000000654. The van der Waals surface area contributed by atoms with Gasteiger partial charge in [0.1, 0.15) is 16.9 Å². The molecule has 11 heteroatoms. The molecule has 0 saturated heterocycles. The van der Waals surface area contributed by atoms with Crippen molar-refractivity contribution in [3.63, 3.8) is 0 Å². The lowest BCUT2D eigenvalue weighted by Gasteiger charge is -2.19. The summed E-state index contributed by atoms with van der Waals surface area (Å²) in [6.45, 7) is 1.87. The second-order valence-electron chi connectivity index (χ2n) is 6.42. The lowest BCUT2D eigenvalue weighted by atomic mass is 10.1. The monoisotopic (exact) mass is 482 g/mol. The first-order valence-corrected chi connectivity index (χ1v) is 12.5. The summed E-state index contributed by atoms with van der Waals surface area (Å²) in [5.74, 6) is 0.402. The lowest BCUT2D eigenvalue weighted by molar-refractivity contribution is -0.196. The van der Waals surface area contributed by atoms with E-state index in [0.717, 1.165) is 5.56 Å². The van der Waals surface area contributed by atoms with Crippen molar-refractivity contribution >= 4 is 36.8 Å². The van der Waals surface area contributed by atoms with Gasteiger partial charge in [-0.2, -0.15) is 5.26 Å². The molecule has 0 aliphatic heterocycles. The van der Waals surface area contributed by atoms with Crippen LogP contribution in [0.5, 0.6) is 0 Å². The Hall–Kier alpha value is -2.76. The zero-order valence-electron chi connectivity index (χ0n) is 17.3. The van der Waals surface area contributed by atoms with E-state index in [4.69, 9.17) is 9.83 Å². The van der Waals surface area contributed by atoms with Crippen LogP contribution in [-0.2, 0) is 4.57 Å². The molecule has 3 aromatic rings. The quantitative estimate of drug-likeness (QED) is 0.260. The summed E-state index contributed by atoms with van der Waals surface area (Å²) in [5, 5.41) is 17.3. The van der Waals surface area contributed by atoms with Gasteiger partial charge in [0.25, 0.3) is 0 Å². The number of hydrogen-bond donors (Lipinski definition) is 1. The van der Waals surface area contributed by atoms with E-state index < -0.39 is 14.4 Å². The van der Waals surface area contributed by atoms with Gasteiger partial charge in [-0.05, 0) is 6.26 Å². The van der Waals surface area contributed by atoms with Crippen LogP contribution in [0.3, 0.4) is 0 Å². The van der Waals surface area contributed by atoms with E-state index in [1.165, 1.54) is 11.8 Å². The molecule has 1 aromatic heterocycles. The fraction of sp³-hybridized carbons (Fsp3) is 0.143. The molecular formula is C21H20BF4N2O2PS. The Kier molecular flexibility index (Phi) is 8.54. The minimum atomic E-state index is -6.00. The Morgan fingerprint density at radius 1 is 1.06 bits per heavy atom. The number of nitrogens with zero attached hydrogens (tertiary/aromatic N) is 1. The largest absolute Gasteiger partial charge is 0.673 e. The van der Waals surface area contributed by atoms with Crippen molar-refractivity contribution in [1.82, 2.24) is 0 Å². The Bertz CT molecular complexity index is 1210. The second-order valence-corrected chi connectivity index (χ2v) is 10.3. The highest BCUT2D eigenvalue weighted by Crippen LogP contribution is 2.45. The molecule has 1 atom stereocenters. The van der Waals surface area contributed by atoms with Gasteiger partial charge in [0, 0.05) is 17.0 Å². The number of thioether (sulfide) groups is 1. The van der Waals surface area contributed by atoms with Crippen LogP contribution in [0.25, 0.3) is 11.3 Å². The first-order valence-electron chi connectivity index (χ1n) is 9.38. The average Bonchev–Trinajstić information content (AvgIpc) is 2.77. The molecule has 1 unspecified atom stereocenters. The van der Waals surface area contributed by atoms with Crippen LogP contribution in [0.2, 0.25) is 0 Å². The highest BCUT2D eigenvalue weighted by molar-refractivity contribution is 7.99. The van der Waals surface area contributed by atoms with Crippen molar-refractivity contribution in [2.75, 3.05) is 12.4 Å². The zero-order valence-corrected chi connectivity index (χ0v) is 19.0. The van der Waals surface area contributed by atoms with Gasteiger partial charge in [0.2, 0.25) is 0 Å². The molecule has 0 amide bonds. The Morgan fingerprint density at radius 3 is 2.00 bits per heavy atom. The maximum Gasteiger partial charge on any atom is 0.673 e. The van der Waals surface area contributed by atoms with E-state index in [-0.39, 0.29) is 5.55 Å². The molecule has 0 radical (unpaired) electrons. The summed E-state index contributed by atoms with van der Waals surface area (Å²) in [5.41, 5.74) is 1.22. The van der Waals surface area contributed by atoms with E-state index in [0.29, 0.717) is 33.0 Å². The topological polar surface area (TPSA) is 79.6 Å². The summed E-state index contributed by atoms with van der Waals surface area (Å²) < 4.78 is 58.9. The van der Waals surface area contributed by atoms with Crippen LogP contribution < -0.4 is 21.6 Å². The molecule has 168 valence electrons. The van der Waals surface area contributed by atoms with Crippen LogP contribution in [0.1, 0.15) is 12.5 Å². The molecule has 2 aromatic carbocycles. The first-order chi connectivity index (χ1) is 15.1.